The van der Waals surface area contributed by atoms with Crippen molar-refractivity contribution < 1.29 is 9.53 Å². The van der Waals surface area contributed by atoms with Crippen LogP contribution in [0.1, 0.15) is 19.8 Å². The lowest BCUT2D eigenvalue weighted by Gasteiger charge is -2.24. The van der Waals surface area contributed by atoms with E-state index in [0.717, 1.165) is 32.6 Å². The van der Waals surface area contributed by atoms with Gasteiger partial charge >= 0.3 is 5.97 Å². The molecule has 0 aromatic heterocycles. The molecule has 0 aromatic rings. The molecule has 0 bridgehead atoms. The standard InChI is InChI=1S/C6H12N2.C5H10O2/c1-2-8-5-3-7-4-6-8;1-3-4-5(6)7-2/h2,7H,1,3-6H2;3-4H2,1-2H3. The van der Waals surface area contributed by atoms with E-state index >= 15 is 0 Å². The van der Waals surface area contributed by atoms with Gasteiger partial charge in [-0.1, -0.05) is 13.5 Å². The molecule has 0 spiro atoms. The predicted octanol–water partition coefficient (Wildman–Crippen LogP) is 0.995. The minimum atomic E-state index is -0.123. The zero-order valence-electron chi connectivity index (χ0n) is 9.79. The fourth-order valence-electron chi connectivity index (χ4n) is 1.17. The Balaban J connectivity index is 0.000000265. The number of carbonyl (C=O) groups excluding carboxylic acids is 1. The Morgan fingerprint density at radius 2 is 2.13 bits per heavy atom. The van der Waals surface area contributed by atoms with Crippen LogP contribution in [0.3, 0.4) is 0 Å². The summed E-state index contributed by atoms with van der Waals surface area (Å²) in [4.78, 5) is 12.4. The van der Waals surface area contributed by atoms with Crippen LogP contribution < -0.4 is 5.32 Å². The Morgan fingerprint density at radius 3 is 2.40 bits per heavy atom. The first kappa shape index (κ1) is 14.0. The van der Waals surface area contributed by atoms with Crippen molar-refractivity contribution in [2.45, 2.75) is 19.8 Å². The molecule has 0 aromatic carbocycles. The van der Waals surface area contributed by atoms with Gasteiger partial charge in [-0.3, -0.25) is 4.79 Å². The lowest BCUT2D eigenvalue weighted by molar-refractivity contribution is -0.140. The minimum Gasteiger partial charge on any atom is -0.469 e. The first-order valence-corrected chi connectivity index (χ1v) is 5.38. The van der Waals surface area contributed by atoms with Crippen molar-refractivity contribution >= 4 is 5.97 Å². The Hall–Kier alpha value is -1.03. The highest BCUT2D eigenvalue weighted by atomic mass is 16.5. The number of carbonyl (C=O) groups is 1. The molecular formula is C11H22N2O2. The first-order valence-electron chi connectivity index (χ1n) is 5.38. The van der Waals surface area contributed by atoms with Gasteiger partial charge in [0, 0.05) is 32.6 Å². The maximum absolute atomic E-state index is 10.2. The van der Waals surface area contributed by atoms with Crippen LogP contribution in [0.25, 0.3) is 0 Å². The summed E-state index contributed by atoms with van der Waals surface area (Å²) in [5, 5.41) is 3.26. The van der Waals surface area contributed by atoms with Gasteiger partial charge in [-0.15, -0.1) is 0 Å². The second-order valence-electron chi connectivity index (χ2n) is 3.29. The van der Waals surface area contributed by atoms with Gasteiger partial charge in [0.25, 0.3) is 0 Å². The largest absolute Gasteiger partial charge is 0.469 e. The van der Waals surface area contributed by atoms with Crippen LogP contribution in [0.4, 0.5) is 0 Å². The Labute approximate surface area is 92.3 Å². The van der Waals surface area contributed by atoms with Crippen molar-refractivity contribution in [2.75, 3.05) is 33.3 Å². The summed E-state index contributed by atoms with van der Waals surface area (Å²) in [7, 11) is 1.40. The topological polar surface area (TPSA) is 41.6 Å². The summed E-state index contributed by atoms with van der Waals surface area (Å²) in [6, 6.07) is 0. The molecule has 1 aliphatic rings. The molecule has 0 atom stereocenters. The van der Waals surface area contributed by atoms with Crippen LogP contribution in [-0.2, 0) is 9.53 Å². The number of hydrogen-bond acceptors (Lipinski definition) is 4. The number of nitrogens with one attached hydrogen (secondary N) is 1. The molecule has 88 valence electrons. The molecule has 1 rings (SSSR count). The number of methoxy groups -OCH3 is 1. The zero-order chi connectivity index (χ0) is 11.5. The van der Waals surface area contributed by atoms with Gasteiger partial charge in [-0.25, -0.2) is 0 Å². The van der Waals surface area contributed by atoms with E-state index in [1.807, 2.05) is 13.1 Å². The van der Waals surface area contributed by atoms with Crippen LogP contribution in [0, 0.1) is 0 Å². The lowest BCUT2D eigenvalue weighted by Crippen LogP contribution is -2.40. The summed E-state index contributed by atoms with van der Waals surface area (Å²) in [5.41, 5.74) is 0. The zero-order valence-corrected chi connectivity index (χ0v) is 9.79. The third-order valence-corrected chi connectivity index (χ3v) is 2.09. The fraction of sp³-hybridized carbons (Fsp3) is 0.727. The number of hydrogen-bond donors (Lipinski definition) is 1. The summed E-state index contributed by atoms with van der Waals surface area (Å²) >= 11 is 0. The molecule has 0 saturated carbocycles. The molecule has 1 fully saturated rings. The molecule has 1 saturated heterocycles. The SMILES string of the molecule is C=CN1CCNCC1.CCCC(=O)OC. The number of rotatable bonds is 3. The van der Waals surface area contributed by atoms with Gasteiger partial charge in [0.1, 0.15) is 0 Å². The maximum atomic E-state index is 10.2. The van der Waals surface area contributed by atoms with Crippen molar-refractivity contribution in [2.24, 2.45) is 0 Å². The number of esters is 1. The fourth-order valence-corrected chi connectivity index (χ4v) is 1.17. The van der Waals surface area contributed by atoms with Crippen molar-refractivity contribution in [1.82, 2.24) is 10.2 Å². The van der Waals surface area contributed by atoms with Gasteiger partial charge in [-0.05, 0) is 12.6 Å². The van der Waals surface area contributed by atoms with Crippen LogP contribution in [0.15, 0.2) is 12.8 Å². The average Bonchev–Trinajstić information content (AvgIpc) is 2.31. The first-order chi connectivity index (χ1) is 7.24. The molecule has 0 unspecified atom stereocenters. The van der Waals surface area contributed by atoms with E-state index in [2.05, 4.69) is 21.5 Å². The molecule has 0 radical (unpaired) electrons. The molecule has 1 N–H and O–H groups in total. The van der Waals surface area contributed by atoms with E-state index in [4.69, 9.17) is 0 Å². The molecule has 1 aliphatic heterocycles. The Bertz CT molecular complexity index is 177. The number of piperazine rings is 1. The highest BCUT2D eigenvalue weighted by molar-refractivity contribution is 5.68. The number of ether oxygens (including phenoxy) is 1. The number of nitrogens with zero attached hydrogens (tertiary/aromatic N) is 1. The van der Waals surface area contributed by atoms with E-state index < -0.39 is 0 Å². The highest BCUT2D eigenvalue weighted by Gasteiger charge is 2.01. The molecule has 4 heteroatoms. The van der Waals surface area contributed by atoms with Gasteiger partial charge < -0.3 is 15.0 Å². The smallest absolute Gasteiger partial charge is 0.305 e. The van der Waals surface area contributed by atoms with E-state index in [9.17, 15) is 4.79 Å². The van der Waals surface area contributed by atoms with Crippen LogP contribution >= 0.6 is 0 Å². The van der Waals surface area contributed by atoms with Gasteiger partial charge in [0.2, 0.25) is 0 Å². The molecule has 0 amide bonds. The normalized spacial score (nSPS) is 14.9. The lowest BCUT2D eigenvalue weighted by atomic mass is 10.3. The maximum Gasteiger partial charge on any atom is 0.305 e. The van der Waals surface area contributed by atoms with E-state index in [1.54, 1.807) is 0 Å². The van der Waals surface area contributed by atoms with Gasteiger partial charge in [0.15, 0.2) is 0 Å². The van der Waals surface area contributed by atoms with Gasteiger partial charge in [-0.2, -0.15) is 0 Å². The van der Waals surface area contributed by atoms with E-state index in [0.29, 0.717) is 6.42 Å². The Kier molecular flexibility index (Phi) is 8.87. The summed E-state index contributed by atoms with van der Waals surface area (Å²) in [6.45, 7) is 10.1. The third-order valence-electron chi connectivity index (χ3n) is 2.09. The van der Waals surface area contributed by atoms with Crippen molar-refractivity contribution in [3.63, 3.8) is 0 Å². The third kappa shape index (κ3) is 8.00. The monoisotopic (exact) mass is 214 g/mol. The second kappa shape index (κ2) is 9.52. The van der Waals surface area contributed by atoms with Crippen LogP contribution in [-0.4, -0.2) is 44.2 Å². The van der Waals surface area contributed by atoms with Crippen molar-refractivity contribution in [3.8, 4) is 0 Å². The highest BCUT2D eigenvalue weighted by Crippen LogP contribution is 1.89. The van der Waals surface area contributed by atoms with Crippen molar-refractivity contribution in [3.05, 3.63) is 12.8 Å². The van der Waals surface area contributed by atoms with Crippen LogP contribution in [0.2, 0.25) is 0 Å². The van der Waals surface area contributed by atoms with Gasteiger partial charge in [0.05, 0.1) is 7.11 Å². The minimum absolute atomic E-state index is 0.123. The molecular weight excluding hydrogens is 192 g/mol. The summed E-state index contributed by atoms with van der Waals surface area (Å²) in [6.07, 6.45) is 3.31. The van der Waals surface area contributed by atoms with Crippen molar-refractivity contribution in [1.29, 1.82) is 0 Å². The average molecular weight is 214 g/mol. The second-order valence-corrected chi connectivity index (χ2v) is 3.29. The van der Waals surface area contributed by atoms with Crippen LogP contribution in [0.5, 0.6) is 0 Å². The van der Waals surface area contributed by atoms with E-state index in [1.165, 1.54) is 7.11 Å². The van der Waals surface area contributed by atoms with E-state index in [-0.39, 0.29) is 5.97 Å². The Morgan fingerprint density at radius 1 is 1.53 bits per heavy atom. The molecule has 15 heavy (non-hydrogen) atoms. The quantitative estimate of drug-likeness (QED) is 0.712. The summed E-state index contributed by atoms with van der Waals surface area (Å²) < 4.78 is 4.35. The molecule has 0 aliphatic carbocycles. The molecule has 4 nitrogen and oxygen atoms in total. The molecule has 1 heterocycles. The predicted molar refractivity (Wildman–Crippen MR) is 61.6 cm³/mol. The summed E-state index contributed by atoms with van der Waals surface area (Å²) in [5.74, 6) is -0.123.